The minimum atomic E-state index is 0.585. The predicted octanol–water partition coefficient (Wildman–Crippen LogP) is 3.76. The van der Waals surface area contributed by atoms with Gasteiger partial charge in [0.1, 0.15) is 0 Å². The van der Waals surface area contributed by atoms with Gasteiger partial charge in [-0.15, -0.1) is 0 Å². The van der Waals surface area contributed by atoms with Crippen LogP contribution in [0.15, 0.2) is 24.3 Å². The summed E-state index contributed by atoms with van der Waals surface area (Å²) < 4.78 is 0. The molecule has 1 fully saturated rings. The molecule has 0 aromatic heterocycles. The van der Waals surface area contributed by atoms with Crippen molar-refractivity contribution >= 4 is 23.4 Å². The molecule has 2 unspecified atom stereocenters. The van der Waals surface area contributed by atoms with E-state index in [1.807, 2.05) is 12.1 Å². The molecule has 0 radical (unpaired) electrons. The van der Waals surface area contributed by atoms with Crippen molar-refractivity contribution in [2.45, 2.75) is 37.0 Å². The third-order valence-corrected chi connectivity index (χ3v) is 5.17. The highest BCUT2D eigenvalue weighted by Gasteiger charge is 2.22. The van der Waals surface area contributed by atoms with Crippen LogP contribution in [0, 0.1) is 0 Å². The highest BCUT2D eigenvalue weighted by Crippen LogP contribution is 2.29. The molecule has 2 rings (SSSR count). The minimum Gasteiger partial charge on any atom is -0.316 e. The molecule has 1 aromatic carbocycles. The molecule has 1 aliphatic rings. The third-order valence-electron chi connectivity index (χ3n) is 3.40. The number of hydrogen-bond donors (Lipinski definition) is 1. The molecule has 94 valence electrons. The van der Waals surface area contributed by atoms with E-state index in [-0.39, 0.29) is 0 Å². The highest BCUT2D eigenvalue weighted by atomic mass is 35.5. The van der Waals surface area contributed by atoms with Gasteiger partial charge in [-0.2, -0.15) is 11.8 Å². The number of halogens is 1. The van der Waals surface area contributed by atoms with Crippen LogP contribution in [0.5, 0.6) is 0 Å². The number of nitrogens with one attached hydrogen (secondary N) is 1. The maximum Gasteiger partial charge on any atom is 0.0406 e. The van der Waals surface area contributed by atoms with Crippen LogP contribution in [0.3, 0.4) is 0 Å². The molecule has 0 aliphatic carbocycles. The van der Waals surface area contributed by atoms with Crippen LogP contribution >= 0.6 is 23.4 Å². The van der Waals surface area contributed by atoms with Crippen LogP contribution in [0.1, 0.15) is 24.8 Å². The van der Waals surface area contributed by atoms with Gasteiger partial charge in [-0.05, 0) is 49.8 Å². The van der Waals surface area contributed by atoms with Crippen LogP contribution in [-0.2, 0) is 6.42 Å². The van der Waals surface area contributed by atoms with E-state index in [4.69, 9.17) is 11.6 Å². The molecular formula is C14H20ClNS. The molecule has 0 amide bonds. The van der Waals surface area contributed by atoms with E-state index in [2.05, 4.69) is 36.3 Å². The van der Waals surface area contributed by atoms with Crippen LogP contribution in [0.25, 0.3) is 0 Å². The Kier molecular flexibility index (Phi) is 5.20. The molecule has 3 heteroatoms. The zero-order chi connectivity index (χ0) is 12.1. The fourth-order valence-electron chi connectivity index (χ4n) is 2.38. The van der Waals surface area contributed by atoms with Gasteiger partial charge in [-0.1, -0.05) is 30.2 Å². The summed E-state index contributed by atoms with van der Waals surface area (Å²) in [7, 11) is 2.08. The van der Waals surface area contributed by atoms with Crippen molar-refractivity contribution in [3.8, 4) is 0 Å². The maximum absolute atomic E-state index is 5.91. The van der Waals surface area contributed by atoms with Gasteiger partial charge in [0, 0.05) is 16.3 Å². The highest BCUT2D eigenvalue weighted by molar-refractivity contribution is 8.00. The maximum atomic E-state index is 5.91. The molecule has 1 saturated heterocycles. The fraction of sp³-hybridized carbons (Fsp3) is 0.571. The summed E-state index contributed by atoms with van der Waals surface area (Å²) >= 11 is 8.04. The van der Waals surface area contributed by atoms with E-state index in [1.54, 1.807) is 0 Å². The summed E-state index contributed by atoms with van der Waals surface area (Å²) in [6, 6.07) is 8.83. The van der Waals surface area contributed by atoms with Gasteiger partial charge in [0.15, 0.2) is 0 Å². The summed E-state index contributed by atoms with van der Waals surface area (Å²) in [5, 5.41) is 5.07. The van der Waals surface area contributed by atoms with Gasteiger partial charge in [0.25, 0.3) is 0 Å². The Hall–Kier alpha value is -0.180. The molecule has 1 nitrogen and oxygen atoms in total. The van der Waals surface area contributed by atoms with E-state index >= 15 is 0 Å². The Morgan fingerprint density at radius 1 is 1.35 bits per heavy atom. The lowest BCUT2D eigenvalue weighted by Gasteiger charge is -2.29. The molecule has 0 saturated carbocycles. The number of thioether (sulfide) groups is 1. The summed E-state index contributed by atoms with van der Waals surface area (Å²) in [5.74, 6) is 1.32. The van der Waals surface area contributed by atoms with E-state index in [9.17, 15) is 0 Å². The summed E-state index contributed by atoms with van der Waals surface area (Å²) in [4.78, 5) is 0. The topological polar surface area (TPSA) is 12.0 Å². The lowest BCUT2D eigenvalue weighted by atomic mass is 10.00. The van der Waals surface area contributed by atoms with Crippen molar-refractivity contribution in [3.05, 3.63) is 34.9 Å². The van der Waals surface area contributed by atoms with Crippen molar-refractivity contribution < 1.29 is 0 Å². The Labute approximate surface area is 113 Å². The Morgan fingerprint density at radius 3 is 2.71 bits per heavy atom. The summed E-state index contributed by atoms with van der Waals surface area (Å²) in [5.41, 5.74) is 1.37. The van der Waals surface area contributed by atoms with E-state index < -0.39 is 0 Å². The first kappa shape index (κ1) is 13.3. The van der Waals surface area contributed by atoms with Gasteiger partial charge in [0.05, 0.1) is 0 Å². The Balaban J connectivity index is 1.96. The van der Waals surface area contributed by atoms with Crippen LogP contribution in [0.4, 0.5) is 0 Å². The molecule has 0 bridgehead atoms. The van der Waals surface area contributed by atoms with Crippen molar-refractivity contribution in [1.82, 2.24) is 5.32 Å². The normalized spacial score (nSPS) is 22.4. The second kappa shape index (κ2) is 6.67. The number of rotatable bonds is 4. The molecule has 17 heavy (non-hydrogen) atoms. The van der Waals surface area contributed by atoms with Gasteiger partial charge in [0.2, 0.25) is 0 Å². The van der Waals surface area contributed by atoms with Crippen LogP contribution in [-0.4, -0.2) is 24.1 Å². The number of benzene rings is 1. The molecular weight excluding hydrogens is 250 g/mol. The molecule has 2 atom stereocenters. The summed E-state index contributed by atoms with van der Waals surface area (Å²) in [6.07, 6.45) is 5.23. The number of likely N-dealkylation sites (N-methyl/N-ethyl adjacent to an activating group) is 1. The monoisotopic (exact) mass is 269 g/mol. The van der Waals surface area contributed by atoms with E-state index in [0.717, 1.165) is 16.7 Å². The van der Waals surface area contributed by atoms with Crippen LogP contribution < -0.4 is 5.32 Å². The zero-order valence-corrected chi connectivity index (χ0v) is 11.9. The number of hydrogen-bond acceptors (Lipinski definition) is 2. The first-order valence-corrected chi connectivity index (χ1v) is 7.75. The SMILES string of the molecule is CNC(Cc1ccc(Cl)cc1)C1CCCCS1. The average Bonchev–Trinajstić information content (AvgIpc) is 2.39. The molecule has 1 aliphatic heterocycles. The second-order valence-corrected chi connectivity index (χ2v) is 6.41. The molecule has 1 N–H and O–H groups in total. The summed E-state index contributed by atoms with van der Waals surface area (Å²) in [6.45, 7) is 0. The van der Waals surface area contributed by atoms with E-state index in [1.165, 1.54) is 30.6 Å². The lowest BCUT2D eigenvalue weighted by Crippen LogP contribution is -2.38. The molecule has 0 spiro atoms. The zero-order valence-electron chi connectivity index (χ0n) is 10.3. The minimum absolute atomic E-state index is 0.585. The third kappa shape index (κ3) is 3.90. The quantitative estimate of drug-likeness (QED) is 0.893. The van der Waals surface area contributed by atoms with E-state index in [0.29, 0.717) is 6.04 Å². The Bertz CT molecular complexity index is 333. The van der Waals surface area contributed by atoms with Gasteiger partial charge < -0.3 is 5.32 Å². The predicted molar refractivity (Wildman–Crippen MR) is 78.1 cm³/mol. The largest absolute Gasteiger partial charge is 0.316 e. The lowest BCUT2D eigenvalue weighted by molar-refractivity contribution is 0.495. The first-order valence-electron chi connectivity index (χ1n) is 6.33. The van der Waals surface area contributed by atoms with Gasteiger partial charge in [-0.3, -0.25) is 0 Å². The van der Waals surface area contributed by atoms with Crippen LogP contribution in [0.2, 0.25) is 5.02 Å². The standard InChI is InChI=1S/C14H20ClNS/c1-16-13(14-4-2-3-9-17-14)10-11-5-7-12(15)8-6-11/h5-8,13-14,16H,2-4,9-10H2,1H3. The Morgan fingerprint density at radius 2 is 2.12 bits per heavy atom. The van der Waals surface area contributed by atoms with Crippen molar-refractivity contribution in [2.24, 2.45) is 0 Å². The molecule has 1 heterocycles. The van der Waals surface area contributed by atoms with Gasteiger partial charge >= 0.3 is 0 Å². The van der Waals surface area contributed by atoms with Crippen molar-refractivity contribution in [3.63, 3.8) is 0 Å². The fourth-order valence-corrected chi connectivity index (χ4v) is 3.97. The second-order valence-electron chi connectivity index (χ2n) is 4.63. The van der Waals surface area contributed by atoms with Gasteiger partial charge in [-0.25, -0.2) is 0 Å². The average molecular weight is 270 g/mol. The van der Waals surface area contributed by atoms with Crippen molar-refractivity contribution in [1.29, 1.82) is 0 Å². The van der Waals surface area contributed by atoms with Crippen molar-refractivity contribution in [2.75, 3.05) is 12.8 Å². The first-order chi connectivity index (χ1) is 8.29. The molecule has 1 aromatic rings. The smallest absolute Gasteiger partial charge is 0.0406 e.